The number of ether oxygens (including phenoxy) is 1. The maximum atomic E-state index is 12.3. The maximum Gasteiger partial charge on any atom is 0.311 e. The van der Waals surface area contributed by atoms with E-state index in [0.717, 1.165) is 0 Å². The minimum Gasteiger partial charge on any atom is -0.457 e. The van der Waals surface area contributed by atoms with Gasteiger partial charge in [-0.05, 0) is 32.6 Å². The molecule has 1 rings (SSSR count). The lowest BCUT2D eigenvalue weighted by Gasteiger charge is -2.36. The summed E-state index contributed by atoms with van der Waals surface area (Å²) in [6, 6.07) is 0. The summed E-state index contributed by atoms with van der Waals surface area (Å²) >= 11 is 0. The maximum absolute atomic E-state index is 12.3. The lowest BCUT2D eigenvalue weighted by atomic mass is 9.66. The molecule has 0 aromatic rings. The van der Waals surface area contributed by atoms with Crippen LogP contribution in [0, 0.1) is 16.2 Å². The van der Waals surface area contributed by atoms with Gasteiger partial charge < -0.3 is 4.74 Å². The average Bonchev–Trinajstić information content (AvgIpc) is 2.49. The van der Waals surface area contributed by atoms with Crippen LogP contribution in [0.4, 0.5) is 0 Å². The summed E-state index contributed by atoms with van der Waals surface area (Å²) in [5.41, 5.74) is -1.21. The molecule has 102 valence electrons. The number of esters is 1. The van der Waals surface area contributed by atoms with Gasteiger partial charge in [0.15, 0.2) is 12.4 Å². The molecule has 0 fully saturated rings. The summed E-state index contributed by atoms with van der Waals surface area (Å²) in [7, 11) is 0. The Balaban J connectivity index is 2.66. The average molecular weight is 252 g/mol. The van der Waals surface area contributed by atoms with Crippen molar-refractivity contribution in [2.45, 2.75) is 48.0 Å². The normalized spacial score (nSPS) is 26.1. The molecular weight excluding hydrogens is 228 g/mol. The highest BCUT2D eigenvalue weighted by molar-refractivity contribution is 5.89. The van der Waals surface area contributed by atoms with E-state index in [1.807, 2.05) is 26.8 Å². The van der Waals surface area contributed by atoms with Gasteiger partial charge in [0.1, 0.15) is 0 Å². The van der Waals surface area contributed by atoms with Gasteiger partial charge in [-0.25, -0.2) is 0 Å². The van der Waals surface area contributed by atoms with Crippen molar-refractivity contribution in [2.75, 3.05) is 6.61 Å². The second-order valence-electron chi connectivity index (χ2n) is 6.91. The molecule has 0 unspecified atom stereocenters. The van der Waals surface area contributed by atoms with Gasteiger partial charge in [-0.15, -0.1) is 0 Å². The molecule has 0 aliphatic heterocycles. The first-order chi connectivity index (χ1) is 8.01. The fraction of sp³-hybridized carbons (Fsp3) is 0.733. The number of rotatable bonds is 3. The van der Waals surface area contributed by atoms with Crippen LogP contribution in [0.3, 0.4) is 0 Å². The zero-order chi connectivity index (χ0) is 14.2. The summed E-state index contributed by atoms with van der Waals surface area (Å²) in [5.74, 6) is -0.335. The molecule has 0 saturated heterocycles. The number of hydrogen-bond acceptors (Lipinski definition) is 3. The summed E-state index contributed by atoms with van der Waals surface area (Å²) in [6.45, 7) is 11.2. The molecule has 0 radical (unpaired) electrons. The lowest BCUT2D eigenvalue weighted by Crippen LogP contribution is -2.41. The van der Waals surface area contributed by atoms with Crippen LogP contribution in [-0.2, 0) is 14.3 Å². The molecule has 0 aromatic heterocycles. The number of ketones is 1. The van der Waals surface area contributed by atoms with Crippen molar-refractivity contribution >= 4 is 11.8 Å². The molecule has 3 nitrogen and oxygen atoms in total. The Labute approximate surface area is 110 Å². The number of allylic oxidation sites excluding steroid dienone is 2. The van der Waals surface area contributed by atoms with E-state index < -0.39 is 10.8 Å². The Morgan fingerprint density at radius 3 is 2.17 bits per heavy atom. The van der Waals surface area contributed by atoms with E-state index in [4.69, 9.17) is 4.74 Å². The zero-order valence-corrected chi connectivity index (χ0v) is 12.3. The van der Waals surface area contributed by atoms with Gasteiger partial charge in [-0.1, -0.05) is 32.9 Å². The molecule has 18 heavy (non-hydrogen) atoms. The smallest absolute Gasteiger partial charge is 0.311 e. The molecule has 0 aromatic carbocycles. The van der Waals surface area contributed by atoms with Crippen molar-refractivity contribution in [1.29, 1.82) is 0 Å². The van der Waals surface area contributed by atoms with Gasteiger partial charge in [-0.3, -0.25) is 9.59 Å². The summed E-state index contributed by atoms with van der Waals surface area (Å²) in [5, 5.41) is 0. The highest BCUT2D eigenvalue weighted by Crippen LogP contribution is 2.48. The van der Waals surface area contributed by atoms with Gasteiger partial charge in [0.05, 0.1) is 5.41 Å². The van der Waals surface area contributed by atoms with Crippen molar-refractivity contribution in [3.05, 3.63) is 12.2 Å². The number of Topliss-reactive ketones (excluding diaryl/α,β-unsaturated/α-hetero) is 1. The summed E-state index contributed by atoms with van der Waals surface area (Å²) < 4.78 is 5.12. The highest BCUT2D eigenvalue weighted by atomic mass is 16.5. The van der Waals surface area contributed by atoms with Crippen molar-refractivity contribution < 1.29 is 14.3 Å². The fourth-order valence-electron chi connectivity index (χ4n) is 2.02. The van der Waals surface area contributed by atoms with Crippen LogP contribution in [0.15, 0.2) is 12.2 Å². The van der Waals surface area contributed by atoms with Gasteiger partial charge >= 0.3 is 5.97 Å². The Morgan fingerprint density at radius 1 is 1.22 bits per heavy atom. The predicted molar refractivity (Wildman–Crippen MR) is 71.1 cm³/mol. The Kier molecular flexibility index (Phi) is 3.75. The quantitative estimate of drug-likeness (QED) is 0.572. The molecule has 3 heteroatoms. The molecule has 1 atom stereocenters. The fourth-order valence-corrected chi connectivity index (χ4v) is 2.02. The second kappa shape index (κ2) is 4.52. The van der Waals surface area contributed by atoms with Crippen molar-refractivity contribution in [3.63, 3.8) is 0 Å². The van der Waals surface area contributed by atoms with Crippen LogP contribution >= 0.6 is 0 Å². The van der Waals surface area contributed by atoms with E-state index in [1.54, 1.807) is 20.8 Å². The molecule has 0 saturated carbocycles. The van der Waals surface area contributed by atoms with Crippen LogP contribution in [0.2, 0.25) is 0 Å². The van der Waals surface area contributed by atoms with E-state index in [-0.39, 0.29) is 23.8 Å². The van der Waals surface area contributed by atoms with E-state index in [9.17, 15) is 9.59 Å². The molecule has 0 bridgehead atoms. The number of carbonyl (C=O) groups is 2. The third kappa shape index (κ3) is 2.65. The van der Waals surface area contributed by atoms with Gasteiger partial charge in [0.2, 0.25) is 0 Å². The van der Waals surface area contributed by atoms with E-state index in [2.05, 4.69) is 6.08 Å². The predicted octanol–water partition coefficient (Wildman–Crippen LogP) is 3.14. The second-order valence-corrected chi connectivity index (χ2v) is 6.91. The summed E-state index contributed by atoms with van der Waals surface area (Å²) in [6.07, 6.45) is 4.81. The van der Waals surface area contributed by atoms with Gasteiger partial charge in [-0.2, -0.15) is 0 Å². The van der Waals surface area contributed by atoms with Crippen LogP contribution in [-0.4, -0.2) is 18.4 Å². The summed E-state index contributed by atoms with van der Waals surface area (Å²) in [4.78, 5) is 24.0. The molecule has 0 spiro atoms. The SMILES string of the molecule is CC(C)(C)C(=O)OCC(=O)[C@@]1(C)CC=CC1(C)C. The first-order valence-electron chi connectivity index (χ1n) is 6.39. The highest BCUT2D eigenvalue weighted by Gasteiger charge is 2.47. The van der Waals surface area contributed by atoms with E-state index >= 15 is 0 Å². The third-order valence-electron chi connectivity index (χ3n) is 4.04. The van der Waals surface area contributed by atoms with Gasteiger partial charge in [0, 0.05) is 5.41 Å². The largest absolute Gasteiger partial charge is 0.457 e. The molecule has 1 aliphatic carbocycles. The monoisotopic (exact) mass is 252 g/mol. The number of hydrogen-bond donors (Lipinski definition) is 0. The first kappa shape index (κ1) is 14.9. The topological polar surface area (TPSA) is 43.4 Å². The molecule has 0 heterocycles. The van der Waals surface area contributed by atoms with Crippen molar-refractivity contribution in [2.24, 2.45) is 16.2 Å². The standard InChI is InChI=1S/C15H24O3/c1-13(2,3)12(17)18-10-11(16)15(6)9-7-8-14(15,4)5/h7-8H,9-10H2,1-6H3/t15-/m1/s1. The minimum absolute atomic E-state index is 0.00454. The molecule has 1 aliphatic rings. The first-order valence-corrected chi connectivity index (χ1v) is 6.39. The molecule has 0 N–H and O–H groups in total. The zero-order valence-electron chi connectivity index (χ0n) is 12.3. The third-order valence-corrected chi connectivity index (χ3v) is 4.04. The lowest BCUT2D eigenvalue weighted by molar-refractivity contribution is -0.159. The van der Waals surface area contributed by atoms with Crippen LogP contribution < -0.4 is 0 Å². The van der Waals surface area contributed by atoms with Crippen molar-refractivity contribution in [1.82, 2.24) is 0 Å². The van der Waals surface area contributed by atoms with E-state index in [1.165, 1.54) is 0 Å². The Hall–Kier alpha value is -1.12. The van der Waals surface area contributed by atoms with Crippen LogP contribution in [0.5, 0.6) is 0 Å². The van der Waals surface area contributed by atoms with Gasteiger partial charge in [0.25, 0.3) is 0 Å². The Bertz CT molecular complexity index is 385. The molecular formula is C15H24O3. The van der Waals surface area contributed by atoms with Crippen LogP contribution in [0.1, 0.15) is 48.0 Å². The van der Waals surface area contributed by atoms with E-state index in [0.29, 0.717) is 6.42 Å². The Morgan fingerprint density at radius 2 is 1.78 bits per heavy atom. The number of carbonyl (C=O) groups excluding carboxylic acids is 2. The van der Waals surface area contributed by atoms with Crippen LogP contribution in [0.25, 0.3) is 0 Å². The molecule has 0 amide bonds. The minimum atomic E-state index is -0.565. The van der Waals surface area contributed by atoms with Crippen molar-refractivity contribution in [3.8, 4) is 0 Å².